The van der Waals surface area contributed by atoms with E-state index in [1.54, 1.807) is 6.07 Å². The van der Waals surface area contributed by atoms with Gasteiger partial charge < -0.3 is 10.6 Å². The Bertz CT molecular complexity index is 515. The topological polar surface area (TPSA) is 55.0 Å². The van der Waals surface area contributed by atoms with Crippen molar-refractivity contribution in [1.29, 1.82) is 0 Å². The van der Waals surface area contributed by atoms with E-state index in [0.717, 1.165) is 16.8 Å². The van der Waals surface area contributed by atoms with Crippen molar-refractivity contribution in [3.63, 3.8) is 0 Å². The van der Waals surface area contributed by atoms with Crippen LogP contribution in [0, 0.1) is 0 Å². The summed E-state index contributed by atoms with van der Waals surface area (Å²) < 4.78 is 1.09. The number of benzene rings is 1. The number of rotatable bonds is 3. The Balaban J connectivity index is 2.17. The maximum absolute atomic E-state index is 5.63. The first-order valence-corrected chi connectivity index (χ1v) is 5.98. The monoisotopic (exact) mass is 292 g/mol. The number of hydrogen-bond donors (Lipinski definition) is 1. The number of halogens is 1. The number of nitrogens with zero attached hydrogens (tertiary/aromatic N) is 3. The van der Waals surface area contributed by atoms with E-state index in [1.807, 2.05) is 30.1 Å². The highest BCUT2D eigenvalue weighted by molar-refractivity contribution is 9.10. The average molecular weight is 293 g/mol. The fourth-order valence-electron chi connectivity index (χ4n) is 1.53. The second kappa shape index (κ2) is 5.14. The molecule has 0 unspecified atom stereocenters. The van der Waals surface area contributed by atoms with Gasteiger partial charge in [-0.3, -0.25) is 0 Å². The third kappa shape index (κ3) is 2.94. The number of hydrogen-bond acceptors (Lipinski definition) is 4. The Hall–Kier alpha value is -1.62. The molecule has 1 aromatic heterocycles. The van der Waals surface area contributed by atoms with Crippen LogP contribution in [-0.2, 0) is 6.54 Å². The van der Waals surface area contributed by atoms with Crippen LogP contribution in [0.25, 0.3) is 0 Å². The van der Waals surface area contributed by atoms with Crippen LogP contribution in [0.3, 0.4) is 0 Å². The highest BCUT2D eigenvalue weighted by Crippen LogP contribution is 2.20. The van der Waals surface area contributed by atoms with Gasteiger partial charge in [0.15, 0.2) is 0 Å². The predicted molar refractivity (Wildman–Crippen MR) is 72.7 cm³/mol. The van der Waals surface area contributed by atoms with Crippen LogP contribution in [0.1, 0.15) is 5.56 Å². The molecular formula is C12H13BrN4. The molecule has 0 aliphatic carbocycles. The fourth-order valence-corrected chi connectivity index (χ4v) is 1.94. The van der Waals surface area contributed by atoms with Gasteiger partial charge in [-0.05, 0) is 11.6 Å². The van der Waals surface area contributed by atoms with E-state index in [9.17, 15) is 0 Å². The molecule has 17 heavy (non-hydrogen) atoms. The fraction of sp³-hybridized carbons (Fsp3) is 0.167. The van der Waals surface area contributed by atoms with Crippen LogP contribution in [-0.4, -0.2) is 17.0 Å². The average Bonchev–Trinajstić information content (AvgIpc) is 2.32. The summed E-state index contributed by atoms with van der Waals surface area (Å²) in [5.41, 5.74) is 6.83. The van der Waals surface area contributed by atoms with E-state index in [2.05, 4.69) is 32.0 Å². The van der Waals surface area contributed by atoms with E-state index in [4.69, 9.17) is 5.73 Å². The van der Waals surface area contributed by atoms with Gasteiger partial charge in [-0.25, -0.2) is 9.97 Å². The smallest absolute Gasteiger partial charge is 0.134 e. The Morgan fingerprint density at radius 2 is 2.06 bits per heavy atom. The van der Waals surface area contributed by atoms with Crippen LogP contribution in [0.5, 0.6) is 0 Å². The van der Waals surface area contributed by atoms with Crippen LogP contribution in [0.2, 0.25) is 0 Å². The molecule has 2 N–H and O–H groups in total. The molecule has 0 aliphatic heterocycles. The molecule has 4 nitrogen and oxygen atoms in total. The normalized spacial score (nSPS) is 10.2. The summed E-state index contributed by atoms with van der Waals surface area (Å²) in [6.45, 7) is 0.762. The van der Waals surface area contributed by atoms with E-state index >= 15 is 0 Å². The molecule has 0 saturated carbocycles. The summed E-state index contributed by atoms with van der Waals surface area (Å²) in [4.78, 5) is 10.1. The lowest BCUT2D eigenvalue weighted by molar-refractivity contribution is 0.888. The van der Waals surface area contributed by atoms with Gasteiger partial charge in [-0.2, -0.15) is 0 Å². The molecule has 0 radical (unpaired) electrons. The van der Waals surface area contributed by atoms with E-state index in [1.165, 1.54) is 11.9 Å². The van der Waals surface area contributed by atoms with Crippen molar-refractivity contribution < 1.29 is 0 Å². The number of anilines is 2. The van der Waals surface area contributed by atoms with Crippen LogP contribution in [0.15, 0.2) is 41.1 Å². The molecule has 0 fully saturated rings. The summed E-state index contributed by atoms with van der Waals surface area (Å²) in [7, 11) is 1.97. The van der Waals surface area contributed by atoms with Crippen LogP contribution in [0.4, 0.5) is 11.6 Å². The van der Waals surface area contributed by atoms with Crippen molar-refractivity contribution in [2.24, 2.45) is 0 Å². The number of nitrogens with two attached hydrogens (primary N) is 1. The number of aromatic nitrogens is 2. The van der Waals surface area contributed by atoms with E-state index in [-0.39, 0.29) is 0 Å². The van der Waals surface area contributed by atoms with Crippen LogP contribution >= 0.6 is 15.9 Å². The molecule has 2 aromatic rings. The summed E-state index contributed by atoms with van der Waals surface area (Å²) in [5, 5.41) is 0. The molecule has 0 bridgehead atoms. The van der Waals surface area contributed by atoms with Crippen molar-refractivity contribution >= 4 is 27.6 Å². The Labute approximate surface area is 109 Å². The first-order valence-electron chi connectivity index (χ1n) is 5.19. The zero-order valence-corrected chi connectivity index (χ0v) is 11.1. The van der Waals surface area contributed by atoms with Gasteiger partial charge >= 0.3 is 0 Å². The molecule has 0 saturated heterocycles. The summed E-state index contributed by atoms with van der Waals surface area (Å²) in [6.07, 6.45) is 1.47. The second-order valence-electron chi connectivity index (χ2n) is 3.75. The maximum atomic E-state index is 5.63. The molecule has 2 rings (SSSR count). The second-order valence-corrected chi connectivity index (χ2v) is 4.60. The first-order chi connectivity index (χ1) is 8.16. The third-order valence-electron chi connectivity index (χ3n) is 2.43. The molecule has 5 heteroatoms. The SMILES string of the molecule is CN(Cc1ccccc1Br)c1cc(N)ncn1. The van der Waals surface area contributed by atoms with Gasteiger partial charge in [-0.15, -0.1) is 0 Å². The molecule has 88 valence electrons. The molecular weight excluding hydrogens is 280 g/mol. The lowest BCUT2D eigenvalue weighted by Crippen LogP contribution is -2.18. The highest BCUT2D eigenvalue weighted by atomic mass is 79.9. The standard InChI is InChI=1S/C12H13BrN4/c1-17(12-6-11(14)15-8-16-12)7-9-4-2-3-5-10(9)13/h2-6,8H,7H2,1H3,(H2,14,15,16). The third-order valence-corrected chi connectivity index (χ3v) is 3.20. The predicted octanol–water partition coefficient (Wildman–Crippen LogP) is 2.46. The quantitative estimate of drug-likeness (QED) is 0.944. The lowest BCUT2D eigenvalue weighted by atomic mass is 10.2. The molecule has 0 amide bonds. The minimum Gasteiger partial charge on any atom is -0.384 e. The van der Waals surface area contributed by atoms with Gasteiger partial charge in [0.1, 0.15) is 18.0 Å². The summed E-state index contributed by atoms with van der Waals surface area (Å²) in [6, 6.07) is 9.87. The molecule has 0 atom stereocenters. The van der Waals surface area contributed by atoms with Gasteiger partial charge in [0.25, 0.3) is 0 Å². The van der Waals surface area contributed by atoms with Gasteiger partial charge in [0.2, 0.25) is 0 Å². The van der Waals surface area contributed by atoms with Crippen molar-refractivity contribution in [1.82, 2.24) is 9.97 Å². The van der Waals surface area contributed by atoms with Gasteiger partial charge in [0.05, 0.1) is 0 Å². The lowest BCUT2D eigenvalue weighted by Gasteiger charge is -2.18. The van der Waals surface area contributed by atoms with Gasteiger partial charge in [0, 0.05) is 24.1 Å². The highest BCUT2D eigenvalue weighted by Gasteiger charge is 2.06. The largest absolute Gasteiger partial charge is 0.384 e. The summed E-state index contributed by atoms with van der Waals surface area (Å²) >= 11 is 3.53. The Morgan fingerprint density at radius 3 is 2.76 bits per heavy atom. The Kier molecular flexibility index (Phi) is 3.58. The van der Waals surface area contributed by atoms with Crippen molar-refractivity contribution in [3.05, 3.63) is 46.7 Å². The molecule has 1 heterocycles. The minimum atomic E-state index is 0.481. The molecule has 1 aromatic carbocycles. The molecule has 0 aliphatic rings. The van der Waals surface area contributed by atoms with Crippen molar-refractivity contribution in [3.8, 4) is 0 Å². The summed E-state index contributed by atoms with van der Waals surface area (Å²) in [5.74, 6) is 1.29. The van der Waals surface area contributed by atoms with E-state index in [0.29, 0.717) is 5.82 Å². The maximum Gasteiger partial charge on any atom is 0.134 e. The first kappa shape index (κ1) is 11.9. The van der Waals surface area contributed by atoms with Crippen molar-refractivity contribution in [2.45, 2.75) is 6.54 Å². The Morgan fingerprint density at radius 1 is 1.29 bits per heavy atom. The van der Waals surface area contributed by atoms with Gasteiger partial charge in [-0.1, -0.05) is 34.1 Å². The van der Waals surface area contributed by atoms with Crippen LogP contribution < -0.4 is 10.6 Å². The zero-order chi connectivity index (χ0) is 12.3. The van der Waals surface area contributed by atoms with E-state index < -0.39 is 0 Å². The number of nitrogen functional groups attached to an aromatic ring is 1. The molecule has 0 spiro atoms. The zero-order valence-electron chi connectivity index (χ0n) is 9.47. The minimum absolute atomic E-state index is 0.481. The van der Waals surface area contributed by atoms with Crippen molar-refractivity contribution in [2.75, 3.05) is 17.7 Å².